The van der Waals surface area contributed by atoms with Crippen molar-refractivity contribution in [2.75, 3.05) is 5.32 Å². The summed E-state index contributed by atoms with van der Waals surface area (Å²) in [4.78, 5) is 33.7. The predicted molar refractivity (Wildman–Crippen MR) is 117 cm³/mol. The number of ether oxygens (including phenoxy) is 1. The summed E-state index contributed by atoms with van der Waals surface area (Å²) < 4.78 is 10.5. The number of imidazole rings is 1. The number of hydrogen-bond donors (Lipinski definition) is 1. The van der Waals surface area contributed by atoms with Crippen LogP contribution in [-0.4, -0.2) is 34.6 Å². The lowest BCUT2D eigenvalue weighted by Gasteiger charge is -2.09. The number of nitrogens with zero attached hydrogens (tertiary/aromatic N) is 6. The van der Waals surface area contributed by atoms with Crippen molar-refractivity contribution < 1.29 is 9.53 Å². The van der Waals surface area contributed by atoms with Crippen LogP contribution in [0.3, 0.4) is 0 Å². The number of carbonyl (C=O) groups is 1. The third-order valence-electron chi connectivity index (χ3n) is 4.95. The molecule has 0 fully saturated rings. The molecular weight excluding hydrogens is 410 g/mol. The van der Waals surface area contributed by atoms with Gasteiger partial charge in [0.25, 0.3) is 5.56 Å². The number of rotatable bonds is 6. The van der Waals surface area contributed by atoms with Crippen molar-refractivity contribution in [2.45, 2.75) is 13.2 Å². The Labute approximate surface area is 181 Å². The Balaban J connectivity index is 1.25. The van der Waals surface area contributed by atoms with E-state index in [4.69, 9.17) is 4.74 Å². The van der Waals surface area contributed by atoms with Crippen LogP contribution in [0.5, 0.6) is 5.75 Å². The summed E-state index contributed by atoms with van der Waals surface area (Å²) in [6.45, 7) is 0.133. The average molecular weight is 429 g/mol. The first-order chi connectivity index (χ1) is 15.6. The summed E-state index contributed by atoms with van der Waals surface area (Å²) in [6.07, 6.45) is 6.63. The SMILES string of the molecule is Cn1ncc2c(=O)n(CC(=O)Nc3cccc(OCc4cn5ccccc5n4)c3)cnc21. The van der Waals surface area contributed by atoms with Gasteiger partial charge in [0.05, 0.1) is 11.9 Å². The van der Waals surface area contributed by atoms with Crippen molar-refractivity contribution >= 4 is 28.3 Å². The van der Waals surface area contributed by atoms with Gasteiger partial charge in [-0.25, -0.2) is 9.97 Å². The number of benzene rings is 1. The zero-order valence-corrected chi connectivity index (χ0v) is 17.2. The zero-order chi connectivity index (χ0) is 22.1. The molecule has 1 aromatic carbocycles. The molecule has 10 nitrogen and oxygen atoms in total. The van der Waals surface area contributed by atoms with Crippen LogP contribution in [0, 0.1) is 0 Å². The smallest absolute Gasteiger partial charge is 0.264 e. The zero-order valence-electron chi connectivity index (χ0n) is 17.2. The Morgan fingerprint density at radius 2 is 2.09 bits per heavy atom. The van der Waals surface area contributed by atoms with E-state index in [9.17, 15) is 9.59 Å². The largest absolute Gasteiger partial charge is 0.487 e. The van der Waals surface area contributed by atoms with Crippen molar-refractivity contribution in [3.8, 4) is 5.75 Å². The van der Waals surface area contributed by atoms with Crippen molar-refractivity contribution in [1.29, 1.82) is 0 Å². The first-order valence-corrected chi connectivity index (χ1v) is 9.89. The standard InChI is InChI=1S/C22H19N7O3/c1-27-21-18(10-24-27)22(31)29(14-23-21)12-20(30)26-15-5-4-6-17(9-15)32-13-16-11-28-8-3-2-7-19(28)25-16/h2-11,14H,12-13H2,1H3,(H,26,30). The van der Waals surface area contributed by atoms with E-state index in [0.717, 1.165) is 11.3 Å². The van der Waals surface area contributed by atoms with Gasteiger partial charge in [0.1, 0.15) is 36.3 Å². The Morgan fingerprint density at radius 1 is 1.19 bits per heavy atom. The van der Waals surface area contributed by atoms with Gasteiger partial charge in [0, 0.05) is 31.2 Å². The van der Waals surface area contributed by atoms with Crippen LogP contribution >= 0.6 is 0 Å². The molecule has 0 aliphatic heterocycles. The summed E-state index contributed by atoms with van der Waals surface area (Å²) in [5.74, 6) is 0.241. The minimum Gasteiger partial charge on any atom is -0.487 e. The minimum atomic E-state index is -0.352. The molecular formula is C22H19N7O3. The highest BCUT2D eigenvalue weighted by molar-refractivity contribution is 5.90. The topological polar surface area (TPSA) is 108 Å². The number of aryl methyl sites for hydroxylation is 1. The lowest BCUT2D eigenvalue weighted by molar-refractivity contribution is -0.116. The highest BCUT2D eigenvalue weighted by Crippen LogP contribution is 2.19. The Kier molecular flexibility index (Phi) is 4.86. The quantitative estimate of drug-likeness (QED) is 0.442. The van der Waals surface area contributed by atoms with E-state index in [1.165, 1.54) is 21.8 Å². The molecule has 0 saturated carbocycles. The molecule has 0 radical (unpaired) electrons. The van der Waals surface area contributed by atoms with Gasteiger partial charge in [0.15, 0.2) is 5.65 Å². The Bertz CT molecular complexity index is 1470. The molecule has 1 amide bonds. The second kappa shape index (κ2) is 7.99. The fourth-order valence-electron chi connectivity index (χ4n) is 3.41. The fraction of sp³-hybridized carbons (Fsp3) is 0.136. The number of pyridine rings is 1. The predicted octanol–water partition coefficient (Wildman–Crippen LogP) is 2.00. The van der Waals surface area contributed by atoms with Gasteiger partial charge in [-0.2, -0.15) is 5.10 Å². The van der Waals surface area contributed by atoms with Gasteiger partial charge in [-0.05, 0) is 24.3 Å². The van der Waals surface area contributed by atoms with Crippen molar-refractivity contribution in [3.63, 3.8) is 0 Å². The summed E-state index contributed by atoms with van der Waals surface area (Å²) in [5, 5.41) is 7.18. The van der Waals surface area contributed by atoms with Crippen LogP contribution in [0.25, 0.3) is 16.7 Å². The number of nitrogens with one attached hydrogen (secondary N) is 1. The molecule has 0 aliphatic rings. The lowest BCUT2D eigenvalue weighted by atomic mass is 10.3. The number of anilines is 1. The molecule has 5 rings (SSSR count). The summed E-state index contributed by atoms with van der Waals surface area (Å²) in [5.41, 5.74) is 2.36. The van der Waals surface area contributed by atoms with E-state index in [1.54, 1.807) is 31.3 Å². The summed E-state index contributed by atoms with van der Waals surface area (Å²) in [7, 11) is 1.70. The van der Waals surface area contributed by atoms with Crippen LogP contribution in [0.15, 0.2) is 72.2 Å². The molecule has 10 heteroatoms. The molecule has 160 valence electrons. The van der Waals surface area contributed by atoms with E-state index in [2.05, 4.69) is 20.4 Å². The third-order valence-corrected chi connectivity index (χ3v) is 4.95. The van der Waals surface area contributed by atoms with Crippen molar-refractivity contribution in [1.82, 2.24) is 28.7 Å². The van der Waals surface area contributed by atoms with E-state index in [1.807, 2.05) is 35.0 Å². The van der Waals surface area contributed by atoms with Crippen LogP contribution < -0.4 is 15.6 Å². The average Bonchev–Trinajstić information content (AvgIpc) is 3.38. The van der Waals surface area contributed by atoms with Crippen molar-refractivity contribution in [2.24, 2.45) is 7.05 Å². The second-order valence-electron chi connectivity index (χ2n) is 7.25. The van der Waals surface area contributed by atoms with Gasteiger partial charge < -0.3 is 14.5 Å². The van der Waals surface area contributed by atoms with Gasteiger partial charge in [-0.15, -0.1) is 0 Å². The first-order valence-electron chi connectivity index (χ1n) is 9.89. The molecule has 4 aromatic heterocycles. The van der Waals surface area contributed by atoms with E-state index in [0.29, 0.717) is 29.1 Å². The number of hydrogen-bond acceptors (Lipinski definition) is 6. The summed E-state index contributed by atoms with van der Waals surface area (Å²) >= 11 is 0. The lowest BCUT2D eigenvalue weighted by Crippen LogP contribution is -2.27. The maximum absolute atomic E-state index is 12.5. The maximum atomic E-state index is 12.5. The molecule has 0 atom stereocenters. The maximum Gasteiger partial charge on any atom is 0.264 e. The van der Waals surface area contributed by atoms with Crippen LogP contribution in [0.2, 0.25) is 0 Å². The molecule has 0 saturated heterocycles. The van der Waals surface area contributed by atoms with Crippen molar-refractivity contribution in [3.05, 3.63) is 83.4 Å². The number of fused-ring (bicyclic) bond motifs is 2. The van der Waals surface area contributed by atoms with Gasteiger partial charge in [0.2, 0.25) is 5.91 Å². The molecule has 0 spiro atoms. The molecule has 0 bridgehead atoms. The normalized spacial score (nSPS) is 11.2. The Morgan fingerprint density at radius 3 is 2.97 bits per heavy atom. The monoisotopic (exact) mass is 429 g/mol. The number of aromatic nitrogens is 6. The molecule has 32 heavy (non-hydrogen) atoms. The molecule has 0 aliphatic carbocycles. The fourth-order valence-corrected chi connectivity index (χ4v) is 3.41. The second-order valence-corrected chi connectivity index (χ2v) is 7.25. The minimum absolute atomic E-state index is 0.164. The first kappa shape index (κ1) is 19.5. The van der Waals surface area contributed by atoms with Crippen LogP contribution in [0.1, 0.15) is 5.69 Å². The van der Waals surface area contributed by atoms with Gasteiger partial charge in [-0.3, -0.25) is 18.8 Å². The Hall–Kier alpha value is -4.47. The highest BCUT2D eigenvalue weighted by Gasteiger charge is 2.11. The molecule has 1 N–H and O–H groups in total. The van der Waals surface area contributed by atoms with Gasteiger partial charge in [-0.1, -0.05) is 12.1 Å². The van der Waals surface area contributed by atoms with E-state index < -0.39 is 0 Å². The highest BCUT2D eigenvalue weighted by atomic mass is 16.5. The molecule has 4 heterocycles. The number of amides is 1. The summed E-state index contributed by atoms with van der Waals surface area (Å²) in [6, 6.07) is 12.8. The van der Waals surface area contributed by atoms with E-state index >= 15 is 0 Å². The third kappa shape index (κ3) is 3.81. The number of carbonyl (C=O) groups excluding carboxylic acids is 1. The van der Waals surface area contributed by atoms with Gasteiger partial charge >= 0.3 is 0 Å². The van der Waals surface area contributed by atoms with E-state index in [-0.39, 0.29) is 18.0 Å². The molecule has 0 unspecified atom stereocenters. The van der Waals surface area contributed by atoms with Crippen LogP contribution in [-0.2, 0) is 25.0 Å². The molecule has 5 aromatic rings. The van der Waals surface area contributed by atoms with Crippen LogP contribution in [0.4, 0.5) is 5.69 Å².